The Kier molecular flexibility index (Phi) is 9.69. The second-order valence-electron chi connectivity index (χ2n) is 10.5. The molecule has 0 heterocycles. The van der Waals surface area contributed by atoms with Crippen LogP contribution in [-0.4, -0.2) is 54.5 Å². The third kappa shape index (κ3) is 7.48. The molecule has 0 aromatic heterocycles. The first-order valence-corrected chi connectivity index (χ1v) is 13.9. The van der Waals surface area contributed by atoms with Gasteiger partial charge in [0, 0.05) is 82.6 Å². The third-order valence-corrected chi connectivity index (χ3v) is 6.87. The predicted octanol–water partition coefficient (Wildman–Crippen LogP) is 7.72. The van der Waals surface area contributed by atoms with Gasteiger partial charge < -0.3 is 14.7 Å². The van der Waals surface area contributed by atoms with E-state index < -0.39 is 0 Å². The molecule has 0 saturated heterocycles. The second kappa shape index (κ2) is 13.6. The van der Waals surface area contributed by atoms with Gasteiger partial charge in [-0.2, -0.15) is 5.11 Å². The average molecular weight is 545 g/mol. The fourth-order valence-electron chi connectivity index (χ4n) is 4.45. The van der Waals surface area contributed by atoms with Crippen LogP contribution in [0.15, 0.2) is 124 Å². The molecule has 0 radical (unpaired) electrons. The summed E-state index contributed by atoms with van der Waals surface area (Å²) in [5.74, 6) is 0. The molecule has 3 aromatic rings. The number of rotatable bonds is 9. The Morgan fingerprint density at radius 3 is 1.39 bits per heavy atom. The maximum Gasteiger partial charge on any atom is 0.100 e. The van der Waals surface area contributed by atoms with Gasteiger partial charge in [-0.05, 0) is 66.6 Å². The molecular formula is C35H40N6. The van der Waals surface area contributed by atoms with Crippen LogP contribution in [-0.2, 0) is 0 Å². The standard InChI is InChI=1S/C35H40N6/c1-8-36-30-17-9-28(10-18-30)35(29-15-23-33(24-16-29)41(6)7)38-37-25-34(26-11-19-31(20-12-26)39(2)3)27-13-21-32(22-14-27)40(4)5/h9-25H,8H2,1-7H3. The van der Waals surface area contributed by atoms with E-state index in [-0.39, 0.29) is 0 Å². The summed E-state index contributed by atoms with van der Waals surface area (Å²) in [5, 5.41) is 9.48. The van der Waals surface area contributed by atoms with Crippen molar-refractivity contribution >= 4 is 34.0 Å². The highest BCUT2D eigenvalue weighted by Crippen LogP contribution is 2.29. The number of nitrogens with zero attached hydrogens (tertiary/aromatic N) is 6. The van der Waals surface area contributed by atoms with Crippen molar-refractivity contribution in [1.29, 1.82) is 0 Å². The molecule has 0 amide bonds. The van der Waals surface area contributed by atoms with Crippen LogP contribution in [0.5, 0.6) is 0 Å². The molecule has 0 aliphatic heterocycles. The van der Waals surface area contributed by atoms with Crippen molar-refractivity contribution in [3.05, 3.63) is 126 Å². The van der Waals surface area contributed by atoms with Crippen LogP contribution in [0.3, 0.4) is 0 Å². The number of anilines is 3. The first-order valence-electron chi connectivity index (χ1n) is 13.9. The van der Waals surface area contributed by atoms with Crippen LogP contribution in [0.1, 0.15) is 23.6 Å². The van der Waals surface area contributed by atoms with Gasteiger partial charge in [0.1, 0.15) is 5.70 Å². The van der Waals surface area contributed by atoms with E-state index in [9.17, 15) is 0 Å². The molecule has 1 aliphatic carbocycles. The van der Waals surface area contributed by atoms with E-state index in [1.165, 1.54) is 0 Å². The number of benzene rings is 3. The van der Waals surface area contributed by atoms with Crippen molar-refractivity contribution in [2.24, 2.45) is 15.2 Å². The molecule has 0 fully saturated rings. The average Bonchev–Trinajstić information content (AvgIpc) is 2.98. The summed E-state index contributed by atoms with van der Waals surface area (Å²) in [6.45, 7) is 2.79. The molecule has 0 N–H and O–H groups in total. The fourth-order valence-corrected chi connectivity index (χ4v) is 4.45. The van der Waals surface area contributed by atoms with E-state index in [4.69, 9.17) is 5.11 Å². The smallest absolute Gasteiger partial charge is 0.100 e. The largest absolute Gasteiger partial charge is 0.378 e. The van der Waals surface area contributed by atoms with Gasteiger partial charge in [0.25, 0.3) is 0 Å². The Labute approximate surface area is 245 Å². The van der Waals surface area contributed by atoms with Crippen LogP contribution in [0.4, 0.5) is 17.1 Å². The number of azo groups is 1. The van der Waals surface area contributed by atoms with Crippen LogP contribution in [0.25, 0.3) is 11.3 Å². The predicted molar refractivity (Wildman–Crippen MR) is 177 cm³/mol. The van der Waals surface area contributed by atoms with E-state index in [1.54, 1.807) is 0 Å². The minimum atomic E-state index is 0.750. The fraction of sp³-hybridized carbons (Fsp3) is 0.229. The molecule has 4 rings (SSSR count). The summed E-state index contributed by atoms with van der Waals surface area (Å²) in [5.41, 5.74) is 10.3. The van der Waals surface area contributed by atoms with Crippen molar-refractivity contribution in [2.45, 2.75) is 6.92 Å². The van der Waals surface area contributed by atoms with Gasteiger partial charge in [0.2, 0.25) is 0 Å². The maximum absolute atomic E-state index is 4.80. The van der Waals surface area contributed by atoms with E-state index in [2.05, 4.69) is 110 Å². The summed E-state index contributed by atoms with van der Waals surface area (Å²) in [7, 11) is 12.3. The Balaban J connectivity index is 1.78. The number of allylic oxidation sites excluding steroid dienone is 5. The van der Waals surface area contributed by atoms with Gasteiger partial charge >= 0.3 is 0 Å². The van der Waals surface area contributed by atoms with Crippen molar-refractivity contribution in [3.8, 4) is 0 Å². The molecular weight excluding hydrogens is 504 g/mol. The normalized spacial score (nSPS) is 12.5. The van der Waals surface area contributed by atoms with Gasteiger partial charge in [0.05, 0.1) is 11.9 Å². The lowest BCUT2D eigenvalue weighted by atomic mass is 9.98. The Morgan fingerprint density at radius 1 is 0.585 bits per heavy atom. The van der Waals surface area contributed by atoms with Crippen LogP contribution >= 0.6 is 0 Å². The van der Waals surface area contributed by atoms with Gasteiger partial charge in [-0.1, -0.05) is 48.6 Å². The molecule has 1 aliphatic rings. The lowest BCUT2D eigenvalue weighted by Crippen LogP contribution is -2.08. The Bertz CT molecular complexity index is 1430. The highest BCUT2D eigenvalue weighted by molar-refractivity contribution is 6.06. The Hall–Kier alpha value is -4.71. The first-order chi connectivity index (χ1) is 19.8. The summed E-state index contributed by atoms with van der Waals surface area (Å²) in [6.07, 6.45) is 10.1. The zero-order chi connectivity index (χ0) is 29.4. The lowest BCUT2D eigenvalue weighted by Gasteiger charge is -2.15. The third-order valence-electron chi connectivity index (χ3n) is 6.87. The Morgan fingerprint density at radius 2 is 1.00 bits per heavy atom. The molecule has 0 saturated carbocycles. The molecule has 41 heavy (non-hydrogen) atoms. The molecule has 0 bridgehead atoms. The van der Waals surface area contributed by atoms with Gasteiger partial charge in [-0.3, -0.25) is 4.99 Å². The number of hydrogen-bond donors (Lipinski definition) is 0. The number of aliphatic imine (C=N–C) groups is 1. The van der Waals surface area contributed by atoms with Gasteiger partial charge in [0.15, 0.2) is 0 Å². The van der Waals surface area contributed by atoms with Crippen molar-refractivity contribution in [1.82, 2.24) is 0 Å². The molecule has 6 nitrogen and oxygen atoms in total. The van der Waals surface area contributed by atoms with Gasteiger partial charge in [-0.15, -0.1) is 5.11 Å². The molecule has 0 spiro atoms. The molecule has 210 valence electrons. The first kappa shape index (κ1) is 29.3. The van der Waals surface area contributed by atoms with Crippen molar-refractivity contribution in [3.63, 3.8) is 0 Å². The maximum atomic E-state index is 4.80. The highest BCUT2D eigenvalue weighted by Gasteiger charge is 2.11. The summed E-state index contributed by atoms with van der Waals surface area (Å²) >= 11 is 0. The SMILES string of the molecule is CCN=C1C=CC(=C(N=NC=C(c2ccc(N(C)C)cc2)c2ccc(N(C)C)cc2)c2ccc(N(C)C)cc2)C=C1. The van der Waals surface area contributed by atoms with Crippen molar-refractivity contribution < 1.29 is 0 Å². The van der Waals surface area contributed by atoms with Gasteiger partial charge in [-0.25, -0.2) is 0 Å². The van der Waals surface area contributed by atoms with Crippen LogP contribution in [0, 0.1) is 0 Å². The molecule has 0 unspecified atom stereocenters. The molecule has 3 aromatic carbocycles. The number of hydrogen-bond acceptors (Lipinski definition) is 6. The topological polar surface area (TPSA) is 46.8 Å². The monoisotopic (exact) mass is 544 g/mol. The van der Waals surface area contributed by atoms with Crippen molar-refractivity contribution in [2.75, 3.05) is 63.5 Å². The lowest BCUT2D eigenvalue weighted by molar-refractivity contribution is 1.13. The van der Waals surface area contributed by atoms with E-state index in [1.807, 2.05) is 67.6 Å². The van der Waals surface area contributed by atoms with E-state index in [0.29, 0.717) is 0 Å². The zero-order valence-corrected chi connectivity index (χ0v) is 25.2. The quantitative estimate of drug-likeness (QED) is 0.259. The minimum Gasteiger partial charge on any atom is -0.378 e. The summed E-state index contributed by atoms with van der Waals surface area (Å²) < 4.78 is 0. The minimum absolute atomic E-state index is 0.750. The molecule has 6 heteroatoms. The van der Waals surface area contributed by atoms with E-state index >= 15 is 0 Å². The molecule has 0 atom stereocenters. The highest BCUT2D eigenvalue weighted by atomic mass is 15.1. The zero-order valence-electron chi connectivity index (χ0n) is 25.2. The van der Waals surface area contributed by atoms with Crippen LogP contribution < -0.4 is 14.7 Å². The van der Waals surface area contributed by atoms with Crippen LogP contribution in [0.2, 0.25) is 0 Å². The second-order valence-corrected chi connectivity index (χ2v) is 10.5. The summed E-state index contributed by atoms with van der Waals surface area (Å²) in [6, 6.07) is 25.4. The van der Waals surface area contributed by atoms with E-state index in [0.717, 1.165) is 62.9 Å². The summed E-state index contributed by atoms with van der Waals surface area (Å²) in [4.78, 5) is 10.8.